The third kappa shape index (κ3) is 4.45. The molecule has 2 aromatic rings. The van der Waals surface area contributed by atoms with E-state index in [1.165, 1.54) is 6.07 Å². The third-order valence-corrected chi connectivity index (χ3v) is 3.18. The summed E-state index contributed by atoms with van der Waals surface area (Å²) in [5.41, 5.74) is -1.68. The highest BCUT2D eigenvalue weighted by Gasteiger charge is 2.36. The second-order valence-electron chi connectivity index (χ2n) is 4.72. The number of ether oxygens (including phenoxy) is 1. The molecule has 0 saturated heterocycles. The molecule has 0 radical (unpaired) electrons. The third-order valence-electron chi connectivity index (χ3n) is 2.94. The number of halogens is 4. The van der Waals surface area contributed by atoms with Crippen LogP contribution in [0, 0.1) is 10.1 Å². The van der Waals surface area contributed by atoms with Crippen molar-refractivity contribution in [2.45, 2.75) is 12.6 Å². The van der Waals surface area contributed by atoms with Crippen LogP contribution in [-0.2, 0) is 17.4 Å². The maximum Gasteiger partial charge on any atom is 0.420 e. The Balaban J connectivity index is 2.25. The average Bonchev–Trinajstić information content (AvgIpc) is 2.46. The first kappa shape index (κ1) is 17.7. The van der Waals surface area contributed by atoms with Gasteiger partial charge in [-0.2, -0.15) is 13.2 Å². The van der Waals surface area contributed by atoms with E-state index >= 15 is 0 Å². The molecule has 0 fully saturated rings. The molecule has 0 N–H and O–H groups in total. The van der Waals surface area contributed by atoms with E-state index < -0.39 is 34.1 Å². The maximum atomic E-state index is 13.0. The van der Waals surface area contributed by atoms with Crippen molar-refractivity contribution < 1.29 is 27.6 Å². The Morgan fingerprint density at radius 2 is 1.92 bits per heavy atom. The fourth-order valence-corrected chi connectivity index (χ4v) is 2.13. The molecule has 2 rings (SSSR count). The number of benzene rings is 2. The van der Waals surface area contributed by atoms with E-state index in [4.69, 9.17) is 16.3 Å². The SMILES string of the molecule is O=C(Cc1cccc(Cl)c1)Oc1ccc([N+](=O)[O-])cc1C(F)(F)F. The summed E-state index contributed by atoms with van der Waals surface area (Å²) in [4.78, 5) is 21.5. The van der Waals surface area contributed by atoms with E-state index in [0.717, 1.165) is 12.1 Å². The molecule has 0 atom stereocenters. The number of alkyl halides is 3. The first-order chi connectivity index (χ1) is 11.2. The Bertz CT molecular complexity index is 793. The molecule has 9 heteroatoms. The fraction of sp³-hybridized carbons (Fsp3) is 0.133. The lowest BCUT2D eigenvalue weighted by atomic mass is 10.1. The van der Waals surface area contributed by atoms with Crippen molar-refractivity contribution in [2.75, 3.05) is 0 Å². The molecule has 0 bridgehead atoms. The summed E-state index contributed by atoms with van der Waals surface area (Å²) in [5, 5.41) is 11.0. The molecular formula is C15H9ClF3NO4. The van der Waals surface area contributed by atoms with E-state index in [9.17, 15) is 28.1 Å². The second-order valence-corrected chi connectivity index (χ2v) is 5.15. The van der Waals surface area contributed by atoms with Gasteiger partial charge >= 0.3 is 12.1 Å². The van der Waals surface area contributed by atoms with Crippen LogP contribution >= 0.6 is 11.6 Å². The van der Waals surface area contributed by atoms with Crippen molar-refractivity contribution in [3.05, 3.63) is 68.7 Å². The number of nitrogens with zero attached hydrogens (tertiary/aromatic N) is 1. The van der Waals surface area contributed by atoms with Gasteiger partial charge in [-0.3, -0.25) is 14.9 Å². The molecule has 0 aliphatic carbocycles. The molecule has 0 unspecified atom stereocenters. The van der Waals surface area contributed by atoms with Crippen LogP contribution < -0.4 is 4.74 Å². The van der Waals surface area contributed by atoms with Gasteiger partial charge in [0, 0.05) is 17.2 Å². The lowest BCUT2D eigenvalue weighted by Crippen LogP contribution is -2.15. The molecule has 126 valence electrons. The zero-order chi connectivity index (χ0) is 17.9. The van der Waals surface area contributed by atoms with Gasteiger partial charge in [-0.25, -0.2) is 0 Å². The van der Waals surface area contributed by atoms with Crippen molar-refractivity contribution in [3.8, 4) is 5.75 Å². The number of nitro groups is 1. The Kier molecular flexibility index (Phi) is 5.08. The predicted molar refractivity (Wildman–Crippen MR) is 78.9 cm³/mol. The molecule has 0 spiro atoms. The number of carbonyl (C=O) groups excluding carboxylic acids is 1. The van der Waals surface area contributed by atoms with E-state index in [2.05, 4.69) is 0 Å². The summed E-state index contributed by atoms with van der Waals surface area (Å²) in [5.74, 6) is -1.74. The quantitative estimate of drug-likeness (QED) is 0.351. The number of esters is 1. The van der Waals surface area contributed by atoms with Crippen molar-refractivity contribution in [1.29, 1.82) is 0 Å². The highest BCUT2D eigenvalue weighted by atomic mass is 35.5. The van der Waals surface area contributed by atoms with Gasteiger partial charge in [0.1, 0.15) is 11.3 Å². The summed E-state index contributed by atoms with van der Waals surface area (Å²) < 4.78 is 43.7. The molecule has 0 amide bonds. The molecule has 0 heterocycles. The topological polar surface area (TPSA) is 69.4 Å². The normalized spacial score (nSPS) is 11.2. The molecule has 0 saturated carbocycles. The molecule has 0 aromatic heterocycles. The van der Waals surface area contributed by atoms with Crippen molar-refractivity contribution in [3.63, 3.8) is 0 Å². The highest BCUT2D eigenvalue weighted by molar-refractivity contribution is 6.30. The minimum absolute atomic E-state index is 0.297. The van der Waals surface area contributed by atoms with Gasteiger partial charge in [0.25, 0.3) is 5.69 Å². The van der Waals surface area contributed by atoms with Crippen LogP contribution in [0.3, 0.4) is 0 Å². The van der Waals surface area contributed by atoms with Gasteiger partial charge in [0.15, 0.2) is 0 Å². The fourth-order valence-electron chi connectivity index (χ4n) is 1.91. The van der Waals surface area contributed by atoms with Crippen LogP contribution in [0.4, 0.5) is 18.9 Å². The van der Waals surface area contributed by atoms with Crippen LogP contribution in [0.1, 0.15) is 11.1 Å². The predicted octanol–water partition coefficient (Wildman–Crippen LogP) is 4.42. The number of non-ortho nitro benzene ring substituents is 1. The number of hydrogen-bond acceptors (Lipinski definition) is 4. The minimum atomic E-state index is -4.91. The zero-order valence-corrected chi connectivity index (χ0v) is 12.6. The summed E-state index contributed by atoms with van der Waals surface area (Å²) in [7, 11) is 0. The molecule has 24 heavy (non-hydrogen) atoms. The number of hydrogen-bond donors (Lipinski definition) is 0. The first-order valence-electron chi connectivity index (χ1n) is 6.47. The summed E-state index contributed by atoms with van der Waals surface area (Å²) in [6.45, 7) is 0. The van der Waals surface area contributed by atoms with Crippen LogP contribution in [-0.4, -0.2) is 10.9 Å². The smallest absolute Gasteiger partial charge is 0.420 e. The molecule has 5 nitrogen and oxygen atoms in total. The van der Waals surface area contributed by atoms with Gasteiger partial charge in [-0.05, 0) is 23.8 Å². The number of nitro benzene ring substituents is 1. The number of carbonyl (C=O) groups is 1. The van der Waals surface area contributed by atoms with Gasteiger partial charge in [0.05, 0.1) is 11.3 Å². The molecule has 0 aliphatic heterocycles. The van der Waals surface area contributed by atoms with Crippen molar-refractivity contribution in [1.82, 2.24) is 0 Å². The Morgan fingerprint density at radius 1 is 1.21 bits per heavy atom. The Labute approximate surface area is 138 Å². The molecule has 0 aliphatic rings. The van der Waals surface area contributed by atoms with Crippen LogP contribution in [0.25, 0.3) is 0 Å². The zero-order valence-electron chi connectivity index (χ0n) is 11.8. The standard InChI is InChI=1S/C15H9ClF3NO4/c16-10-3-1-2-9(6-10)7-14(21)24-13-5-4-11(20(22)23)8-12(13)15(17,18)19/h1-6,8H,7H2. The molecular weight excluding hydrogens is 351 g/mol. The second kappa shape index (κ2) is 6.88. The maximum absolute atomic E-state index is 13.0. The van der Waals surface area contributed by atoms with Gasteiger partial charge in [-0.15, -0.1) is 0 Å². The monoisotopic (exact) mass is 359 g/mol. The van der Waals surface area contributed by atoms with Gasteiger partial charge < -0.3 is 4.74 Å². The van der Waals surface area contributed by atoms with Crippen LogP contribution in [0.5, 0.6) is 5.75 Å². The largest absolute Gasteiger partial charge is 0.426 e. The van der Waals surface area contributed by atoms with Crippen molar-refractivity contribution >= 4 is 23.3 Å². The summed E-state index contributed by atoms with van der Waals surface area (Å²) in [6.07, 6.45) is -5.20. The summed E-state index contributed by atoms with van der Waals surface area (Å²) in [6, 6.07) is 8.10. The van der Waals surface area contributed by atoms with E-state index in [1.54, 1.807) is 18.2 Å². The summed E-state index contributed by atoms with van der Waals surface area (Å²) >= 11 is 5.76. The Morgan fingerprint density at radius 3 is 2.50 bits per heavy atom. The number of rotatable bonds is 4. The van der Waals surface area contributed by atoms with Crippen molar-refractivity contribution in [2.24, 2.45) is 0 Å². The lowest BCUT2D eigenvalue weighted by Gasteiger charge is -2.12. The van der Waals surface area contributed by atoms with E-state index in [-0.39, 0.29) is 6.42 Å². The molecule has 2 aromatic carbocycles. The van der Waals surface area contributed by atoms with E-state index in [1.807, 2.05) is 0 Å². The minimum Gasteiger partial charge on any atom is -0.426 e. The average molecular weight is 360 g/mol. The highest BCUT2D eigenvalue weighted by Crippen LogP contribution is 2.38. The van der Waals surface area contributed by atoms with Crippen LogP contribution in [0.2, 0.25) is 5.02 Å². The van der Waals surface area contributed by atoms with Crippen LogP contribution in [0.15, 0.2) is 42.5 Å². The first-order valence-corrected chi connectivity index (χ1v) is 6.85. The van der Waals surface area contributed by atoms with E-state index in [0.29, 0.717) is 16.7 Å². The van der Waals surface area contributed by atoms with Gasteiger partial charge in [0.2, 0.25) is 0 Å². The van der Waals surface area contributed by atoms with Gasteiger partial charge in [-0.1, -0.05) is 23.7 Å². The lowest BCUT2D eigenvalue weighted by molar-refractivity contribution is -0.385. The Hall–Kier alpha value is -2.61.